The smallest absolute Gasteiger partial charge is 0.409 e. The van der Waals surface area contributed by atoms with E-state index in [1.54, 1.807) is 16.7 Å². The van der Waals surface area contributed by atoms with Gasteiger partial charge in [0.25, 0.3) is 0 Å². The number of hydrogen-bond donors (Lipinski definition) is 0. The van der Waals surface area contributed by atoms with E-state index in [0.717, 1.165) is 18.4 Å². The van der Waals surface area contributed by atoms with E-state index >= 15 is 0 Å². The molecule has 5 nitrogen and oxygen atoms in total. The molecule has 23 heavy (non-hydrogen) atoms. The number of hydrogen-bond acceptors (Lipinski definition) is 3. The van der Waals surface area contributed by atoms with Gasteiger partial charge in [0.1, 0.15) is 0 Å². The average Bonchev–Trinajstić information content (AvgIpc) is 2.61. The Morgan fingerprint density at radius 2 is 2.04 bits per heavy atom. The average molecular weight is 318 g/mol. The fourth-order valence-corrected chi connectivity index (χ4v) is 2.99. The van der Waals surface area contributed by atoms with Crippen LogP contribution in [0.25, 0.3) is 0 Å². The van der Waals surface area contributed by atoms with E-state index in [1.807, 2.05) is 44.3 Å². The van der Waals surface area contributed by atoms with Crippen LogP contribution in [0, 0.1) is 5.92 Å². The lowest BCUT2D eigenvalue weighted by Crippen LogP contribution is -2.46. The van der Waals surface area contributed by atoms with Crippen LogP contribution >= 0.6 is 0 Å². The first-order valence-corrected chi connectivity index (χ1v) is 8.28. The van der Waals surface area contributed by atoms with E-state index < -0.39 is 0 Å². The zero-order chi connectivity index (χ0) is 16.8. The van der Waals surface area contributed by atoms with Gasteiger partial charge in [-0.15, -0.1) is 0 Å². The Bertz CT molecular complexity index is 532. The second-order valence-electron chi connectivity index (χ2n) is 6.02. The number of carbonyl (C=O) groups excluding carboxylic acids is 2. The van der Waals surface area contributed by atoms with Gasteiger partial charge in [0.15, 0.2) is 0 Å². The highest BCUT2D eigenvalue weighted by atomic mass is 16.6. The maximum absolute atomic E-state index is 12.8. The maximum Gasteiger partial charge on any atom is 0.409 e. The molecular weight excluding hydrogens is 292 g/mol. The number of piperidine rings is 1. The minimum Gasteiger partial charge on any atom is -0.450 e. The summed E-state index contributed by atoms with van der Waals surface area (Å²) >= 11 is 0. The van der Waals surface area contributed by atoms with Gasteiger partial charge >= 0.3 is 6.09 Å². The summed E-state index contributed by atoms with van der Waals surface area (Å²) in [7, 11) is 1.84. The third-order valence-corrected chi connectivity index (χ3v) is 4.51. The quantitative estimate of drug-likeness (QED) is 0.857. The molecule has 1 fully saturated rings. The van der Waals surface area contributed by atoms with Gasteiger partial charge in [-0.1, -0.05) is 30.3 Å². The van der Waals surface area contributed by atoms with Crippen molar-refractivity contribution in [3.63, 3.8) is 0 Å². The van der Waals surface area contributed by atoms with E-state index in [9.17, 15) is 9.59 Å². The summed E-state index contributed by atoms with van der Waals surface area (Å²) in [6.45, 7) is 5.29. The zero-order valence-electron chi connectivity index (χ0n) is 14.2. The number of carbonyl (C=O) groups is 2. The standard InChI is InChI=1S/C18H26N2O3/c1-4-23-18(22)20-12-8-11-16(13-20)17(21)19(3)14(2)15-9-6-5-7-10-15/h5-7,9-10,14,16H,4,8,11-13H2,1-3H3. The van der Waals surface area contributed by atoms with Gasteiger partial charge in [-0.05, 0) is 32.3 Å². The predicted octanol–water partition coefficient (Wildman–Crippen LogP) is 3.07. The lowest BCUT2D eigenvalue weighted by molar-refractivity contribution is -0.137. The third kappa shape index (κ3) is 4.24. The highest BCUT2D eigenvalue weighted by Gasteiger charge is 2.32. The monoisotopic (exact) mass is 318 g/mol. The minimum absolute atomic E-state index is 0.0154. The van der Waals surface area contributed by atoms with Crippen LogP contribution in [0.1, 0.15) is 38.3 Å². The lowest BCUT2D eigenvalue weighted by atomic mass is 9.95. The molecule has 1 aliphatic rings. The molecule has 126 valence electrons. The van der Waals surface area contributed by atoms with Crippen LogP contribution in [0.4, 0.5) is 4.79 Å². The number of rotatable bonds is 4. The van der Waals surface area contributed by atoms with E-state index in [-0.39, 0.29) is 24.0 Å². The molecule has 0 radical (unpaired) electrons. The minimum atomic E-state index is -0.316. The Kier molecular flexibility index (Phi) is 6.02. The SMILES string of the molecule is CCOC(=O)N1CCCC(C(=O)N(C)C(C)c2ccccc2)C1. The molecule has 1 aromatic rings. The van der Waals surface area contributed by atoms with Crippen molar-refractivity contribution in [2.45, 2.75) is 32.7 Å². The van der Waals surface area contributed by atoms with Crippen LogP contribution in [0.15, 0.2) is 30.3 Å². The van der Waals surface area contributed by atoms with Gasteiger partial charge in [0.2, 0.25) is 5.91 Å². The van der Waals surface area contributed by atoms with Crippen LogP contribution < -0.4 is 0 Å². The molecule has 2 atom stereocenters. The molecule has 0 bridgehead atoms. The molecule has 1 aromatic carbocycles. The van der Waals surface area contributed by atoms with Gasteiger partial charge in [-0.3, -0.25) is 4.79 Å². The van der Waals surface area contributed by atoms with Crippen molar-refractivity contribution >= 4 is 12.0 Å². The highest BCUT2D eigenvalue weighted by molar-refractivity contribution is 5.80. The molecule has 5 heteroatoms. The molecule has 2 rings (SSSR count). The predicted molar refractivity (Wildman–Crippen MR) is 88.9 cm³/mol. The van der Waals surface area contributed by atoms with Crippen LogP contribution in [0.5, 0.6) is 0 Å². The van der Waals surface area contributed by atoms with Crippen molar-refractivity contribution in [1.29, 1.82) is 0 Å². The van der Waals surface area contributed by atoms with Crippen molar-refractivity contribution < 1.29 is 14.3 Å². The molecule has 0 aromatic heterocycles. The third-order valence-electron chi connectivity index (χ3n) is 4.51. The first-order chi connectivity index (χ1) is 11.0. The summed E-state index contributed by atoms with van der Waals surface area (Å²) in [4.78, 5) is 28.1. The highest BCUT2D eigenvalue weighted by Crippen LogP contribution is 2.24. The number of amides is 2. The molecule has 1 saturated heterocycles. The van der Waals surface area contributed by atoms with Crippen LogP contribution in [-0.4, -0.2) is 48.5 Å². The molecule has 0 aliphatic carbocycles. The molecule has 1 aliphatic heterocycles. The van der Waals surface area contributed by atoms with Crippen molar-refractivity contribution in [3.05, 3.63) is 35.9 Å². The van der Waals surface area contributed by atoms with Crippen molar-refractivity contribution in [3.8, 4) is 0 Å². The van der Waals surface area contributed by atoms with Crippen LogP contribution in [0.3, 0.4) is 0 Å². The van der Waals surface area contributed by atoms with E-state index in [2.05, 4.69) is 0 Å². The largest absolute Gasteiger partial charge is 0.450 e. The summed E-state index contributed by atoms with van der Waals surface area (Å²) in [6, 6.07) is 10.00. The summed E-state index contributed by atoms with van der Waals surface area (Å²) in [6.07, 6.45) is 1.34. The second kappa shape index (κ2) is 7.99. The maximum atomic E-state index is 12.8. The summed E-state index contributed by atoms with van der Waals surface area (Å²) in [5, 5.41) is 0. The summed E-state index contributed by atoms with van der Waals surface area (Å²) < 4.78 is 5.05. The van der Waals surface area contributed by atoms with Crippen LogP contribution in [0.2, 0.25) is 0 Å². The zero-order valence-corrected chi connectivity index (χ0v) is 14.2. The molecule has 0 N–H and O–H groups in total. The molecule has 2 amide bonds. The normalized spacial score (nSPS) is 19.1. The van der Waals surface area contributed by atoms with Gasteiger partial charge in [0, 0.05) is 20.1 Å². The number of nitrogens with zero attached hydrogens (tertiary/aromatic N) is 2. The summed E-state index contributed by atoms with van der Waals surface area (Å²) in [5.74, 6) is -0.0559. The van der Waals surface area contributed by atoms with Crippen molar-refractivity contribution in [1.82, 2.24) is 9.80 Å². The first kappa shape index (κ1) is 17.3. The molecular formula is C18H26N2O3. The number of benzene rings is 1. The van der Waals surface area contributed by atoms with Crippen molar-refractivity contribution in [2.75, 3.05) is 26.7 Å². The van der Waals surface area contributed by atoms with Gasteiger partial charge in [-0.25, -0.2) is 4.79 Å². The fourth-order valence-electron chi connectivity index (χ4n) is 2.99. The Balaban J connectivity index is 2.00. The second-order valence-corrected chi connectivity index (χ2v) is 6.02. The van der Waals surface area contributed by atoms with E-state index in [0.29, 0.717) is 19.7 Å². The number of likely N-dealkylation sites (tertiary alicyclic amines) is 1. The molecule has 2 unspecified atom stereocenters. The fraction of sp³-hybridized carbons (Fsp3) is 0.556. The van der Waals surface area contributed by atoms with Gasteiger partial charge in [0.05, 0.1) is 18.6 Å². The molecule has 0 saturated carbocycles. The topological polar surface area (TPSA) is 49.9 Å². The van der Waals surface area contributed by atoms with Crippen molar-refractivity contribution in [2.24, 2.45) is 5.92 Å². The van der Waals surface area contributed by atoms with Gasteiger partial charge < -0.3 is 14.5 Å². The Morgan fingerprint density at radius 1 is 1.35 bits per heavy atom. The Morgan fingerprint density at radius 3 is 2.70 bits per heavy atom. The Labute approximate surface area is 138 Å². The summed E-state index contributed by atoms with van der Waals surface area (Å²) in [5.41, 5.74) is 1.11. The molecule has 1 heterocycles. The Hall–Kier alpha value is -2.04. The van der Waals surface area contributed by atoms with Crippen LogP contribution in [-0.2, 0) is 9.53 Å². The first-order valence-electron chi connectivity index (χ1n) is 8.28. The lowest BCUT2D eigenvalue weighted by Gasteiger charge is -2.35. The van der Waals surface area contributed by atoms with E-state index in [4.69, 9.17) is 4.74 Å². The number of ether oxygens (including phenoxy) is 1. The van der Waals surface area contributed by atoms with E-state index in [1.165, 1.54) is 0 Å². The van der Waals surface area contributed by atoms with Gasteiger partial charge in [-0.2, -0.15) is 0 Å². The molecule has 0 spiro atoms.